The molecule has 0 aliphatic rings. The van der Waals surface area contributed by atoms with E-state index in [4.69, 9.17) is 14.2 Å². The zero-order chi connectivity index (χ0) is 42.3. The van der Waals surface area contributed by atoms with Crippen LogP contribution in [0.1, 0.15) is 207 Å². The molecule has 6 heteroatoms. The van der Waals surface area contributed by atoms with Gasteiger partial charge in [-0.3, -0.25) is 14.4 Å². The molecule has 0 aromatic rings. The highest BCUT2D eigenvalue weighted by atomic mass is 16.6. The number of hydrogen-bond acceptors (Lipinski definition) is 6. The fraction of sp³-hybridized carbons (Fsp3) is 0.673. The molecule has 0 spiro atoms. The Morgan fingerprint density at radius 3 is 1.22 bits per heavy atom. The molecule has 0 aliphatic carbocycles. The Kier molecular flexibility index (Phi) is 43.6. The van der Waals surface area contributed by atoms with E-state index in [-0.39, 0.29) is 44.0 Å². The Bertz CT molecular complexity index is 1160. The van der Waals surface area contributed by atoms with Gasteiger partial charge < -0.3 is 14.2 Å². The van der Waals surface area contributed by atoms with Gasteiger partial charge in [0.25, 0.3) is 0 Å². The molecular formula is C52H86O6. The van der Waals surface area contributed by atoms with Gasteiger partial charge in [-0.1, -0.05) is 170 Å². The Morgan fingerprint density at radius 1 is 0.362 bits per heavy atom. The Balaban J connectivity index is 4.51. The SMILES string of the molecule is CC/C=C\C/C=C\C/C=C\CCCCC(=O)OC(COC(=O)CCC/C=C\C/C=C\C/C=C\CCCCCCCC)COC(=O)CCCCCCC/C=C\CCCC. The van der Waals surface area contributed by atoms with E-state index in [1.807, 2.05) is 0 Å². The van der Waals surface area contributed by atoms with Crippen LogP contribution in [-0.4, -0.2) is 37.2 Å². The number of rotatable bonds is 41. The molecule has 0 fully saturated rings. The first-order valence-electron chi connectivity index (χ1n) is 23.6. The zero-order valence-corrected chi connectivity index (χ0v) is 37.5. The third-order valence-electron chi connectivity index (χ3n) is 9.60. The summed E-state index contributed by atoms with van der Waals surface area (Å²) in [5, 5.41) is 0. The van der Waals surface area contributed by atoms with Gasteiger partial charge in [-0.15, -0.1) is 0 Å². The number of unbranched alkanes of at least 4 members (excludes halogenated alkanes) is 16. The normalized spacial score (nSPS) is 12.8. The molecule has 0 rings (SSSR count). The molecule has 0 saturated carbocycles. The van der Waals surface area contributed by atoms with Crippen LogP contribution in [0.3, 0.4) is 0 Å². The molecule has 0 heterocycles. The van der Waals surface area contributed by atoms with Crippen molar-refractivity contribution in [3.63, 3.8) is 0 Å². The minimum absolute atomic E-state index is 0.113. The molecule has 0 aromatic carbocycles. The van der Waals surface area contributed by atoms with Gasteiger partial charge in [-0.2, -0.15) is 0 Å². The van der Waals surface area contributed by atoms with Crippen molar-refractivity contribution in [3.8, 4) is 0 Å². The highest BCUT2D eigenvalue weighted by Crippen LogP contribution is 2.12. The lowest BCUT2D eigenvalue weighted by Gasteiger charge is -2.18. The summed E-state index contributed by atoms with van der Waals surface area (Å²) in [6.45, 7) is 6.37. The van der Waals surface area contributed by atoms with Crippen molar-refractivity contribution in [2.45, 2.75) is 213 Å². The van der Waals surface area contributed by atoms with E-state index < -0.39 is 6.10 Å². The fourth-order valence-corrected chi connectivity index (χ4v) is 6.04. The largest absolute Gasteiger partial charge is 0.462 e. The van der Waals surface area contributed by atoms with Crippen molar-refractivity contribution in [1.82, 2.24) is 0 Å². The standard InChI is InChI=1S/C52H86O6/c1-4-7-10-13-16-19-22-24-25-26-27-28-31-33-36-39-42-45-51(54)57-48-49(47-56-50(53)44-41-38-35-32-29-21-18-15-12-9-6-3)58-52(55)46-43-40-37-34-30-23-20-17-14-11-8-5-2/h8,11,15,17-18,20,24-25,27-28,30,33-34,36,49H,4-7,9-10,12-14,16,19,21-23,26,29,31-32,35,37-48H2,1-3H3/b11-8-,18-15-,20-17-,25-24-,28-27-,34-30-,36-33-. The van der Waals surface area contributed by atoms with E-state index in [1.54, 1.807) is 0 Å². The lowest BCUT2D eigenvalue weighted by molar-refractivity contribution is -0.167. The first-order valence-corrected chi connectivity index (χ1v) is 23.6. The molecule has 330 valence electrons. The Labute approximate surface area is 356 Å². The second kappa shape index (κ2) is 46.3. The second-order valence-corrected chi connectivity index (χ2v) is 15.3. The van der Waals surface area contributed by atoms with Crippen molar-refractivity contribution in [1.29, 1.82) is 0 Å². The number of allylic oxidation sites excluding steroid dienone is 14. The molecule has 1 atom stereocenters. The van der Waals surface area contributed by atoms with Gasteiger partial charge in [0.05, 0.1) is 0 Å². The van der Waals surface area contributed by atoms with Crippen molar-refractivity contribution in [2.24, 2.45) is 0 Å². The summed E-state index contributed by atoms with van der Waals surface area (Å²) in [6.07, 6.45) is 58.6. The van der Waals surface area contributed by atoms with Gasteiger partial charge in [0.2, 0.25) is 0 Å². The maximum atomic E-state index is 12.7. The summed E-state index contributed by atoms with van der Waals surface area (Å²) in [6, 6.07) is 0. The third-order valence-corrected chi connectivity index (χ3v) is 9.60. The summed E-state index contributed by atoms with van der Waals surface area (Å²) in [7, 11) is 0. The van der Waals surface area contributed by atoms with E-state index in [2.05, 4.69) is 106 Å². The Hall–Kier alpha value is -3.41. The van der Waals surface area contributed by atoms with E-state index >= 15 is 0 Å². The van der Waals surface area contributed by atoms with E-state index in [0.29, 0.717) is 19.3 Å². The van der Waals surface area contributed by atoms with Crippen LogP contribution in [0, 0.1) is 0 Å². The quantitative estimate of drug-likeness (QED) is 0.0265. The number of ether oxygens (including phenoxy) is 3. The van der Waals surface area contributed by atoms with E-state index in [9.17, 15) is 14.4 Å². The summed E-state index contributed by atoms with van der Waals surface area (Å²) in [4.78, 5) is 37.7. The van der Waals surface area contributed by atoms with Crippen LogP contribution in [0.5, 0.6) is 0 Å². The highest BCUT2D eigenvalue weighted by molar-refractivity contribution is 5.71. The lowest BCUT2D eigenvalue weighted by Crippen LogP contribution is -2.30. The summed E-state index contributed by atoms with van der Waals surface area (Å²) >= 11 is 0. The van der Waals surface area contributed by atoms with Crippen molar-refractivity contribution >= 4 is 17.9 Å². The average Bonchev–Trinajstić information content (AvgIpc) is 3.22. The molecule has 0 aliphatic heterocycles. The number of hydrogen-bond donors (Lipinski definition) is 0. The molecule has 0 radical (unpaired) electrons. The maximum Gasteiger partial charge on any atom is 0.306 e. The van der Waals surface area contributed by atoms with Crippen LogP contribution < -0.4 is 0 Å². The van der Waals surface area contributed by atoms with Gasteiger partial charge in [-0.25, -0.2) is 0 Å². The van der Waals surface area contributed by atoms with Crippen molar-refractivity contribution < 1.29 is 28.6 Å². The summed E-state index contributed by atoms with van der Waals surface area (Å²) in [5.41, 5.74) is 0. The average molecular weight is 807 g/mol. The predicted octanol–water partition coefficient (Wildman–Crippen LogP) is 15.3. The summed E-state index contributed by atoms with van der Waals surface area (Å²) in [5.74, 6) is -1.02. The Morgan fingerprint density at radius 2 is 0.707 bits per heavy atom. The van der Waals surface area contributed by atoms with Crippen LogP contribution in [-0.2, 0) is 28.6 Å². The molecule has 0 N–H and O–H groups in total. The minimum Gasteiger partial charge on any atom is -0.462 e. The monoisotopic (exact) mass is 807 g/mol. The predicted molar refractivity (Wildman–Crippen MR) is 247 cm³/mol. The second-order valence-electron chi connectivity index (χ2n) is 15.3. The molecule has 0 saturated heterocycles. The van der Waals surface area contributed by atoms with Crippen LogP contribution in [0.4, 0.5) is 0 Å². The smallest absolute Gasteiger partial charge is 0.306 e. The number of carbonyl (C=O) groups excluding carboxylic acids is 3. The third kappa shape index (κ3) is 43.7. The molecule has 0 aromatic heterocycles. The van der Waals surface area contributed by atoms with E-state index in [0.717, 1.165) is 83.5 Å². The van der Waals surface area contributed by atoms with Gasteiger partial charge in [0, 0.05) is 19.3 Å². The van der Waals surface area contributed by atoms with Crippen LogP contribution in [0.25, 0.3) is 0 Å². The maximum absolute atomic E-state index is 12.7. The molecular weight excluding hydrogens is 721 g/mol. The molecule has 58 heavy (non-hydrogen) atoms. The van der Waals surface area contributed by atoms with Crippen LogP contribution >= 0.6 is 0 Å². The van der Waals surface area contributed by atoms with E-state index in [1.165, 1.54) is 70.6 Å². The lowest BCUT2D eigenvalue weighted by atomic mass is 10.1. The zero-order valence-electron chi connectivity index (χ0n) is 37.5. The topological polar surface area (TPSA) is 78.9 Å². The molecule has 6 nitrogen and oxygen atoms in total. The first kappa shape index (κ1) is 54.6. The minimum atomic E-state index is -0.818. The van der Waals surface area contributed by atoms with Gasteiger partial charge in [-0.05, 0) is 103 Å². The van der Waals surface area contributed by atoms with Gasteiger partial charge in [0.1, 0.15) is 13.2 Å². The molecule has 1 unspecified atom stereocenters. The van der Waals surface area contributed by atoms with Crippen molar-refractivity contribution in [3.05, 3.63) is 85.1 Å². The highest BCUT2D eigenvalue weighted by Gasteiger charge is 2.19. The first-order chi connectivity index (χ1) is 28.5. The van der Waals surface area contributed by atoms with Crippen LogP contribution in [0.2, 0.25) is 0 Å². The summed E-state index contributed by atoms with van der Waals surface area (Å²) < 4.78 is 16.6. The number of carbonyl (C=O) groups is 3. The fourth-order valence-electron chi connectivity index (χ4n) is 6.04. The number of esters is 3. The van der Waals surface area contributed by atoms with Crippen LogP contribution in [0.15, 0.2) is 85.1 Å². The van der Waals surface area contributed by atoms with Gasteiger partial charge in [0.15, 0.2) is 6.10 Å². The molecule has 0 bridgehead atoms. The molecule has 0 amide bonds. The van der Waals surface area contributed by atoms with Gasteiger partial charge >= 0.3 is 17.9 Å². The van der Waals surface area contributed by atoms with Crippen molar-refractivity contribution in [2.75, 3.05) is 13.2 Å².